The summed E-state index contributed by atoms with van der Waals surface area (Å²) in [5, 5.41) is 4.76. The lowest BCUT2D eigenvalue weighted by molar-refractivity contribution is 1.07. The monoisotopic (exact) mass is 373 g/mol. The third-order valence-electron chi connectivity index (χ3n) is 4.29. The molecule has 2 N–H and O–H groups in total. The lowest BCUT2D eigenvalue weighted by atomic mass is 10.0. The largest absolute Gasteiger partial charge is 0.366 e. The van der Waals surface area contributed by atoms with Gasteiger partial charge in [0, 0.05) is 48.7 Å². The van der Waals surface area contributed by atoms with Gasteiger partial charge in [-0.2, -0.15) is 0 Å². The van der Waals surface area contributed by atoms with E-state index in [0.29, 0.717) is 11.7 Å². The van der Waals surface area contributed by atoms with E-state index < -0.39 is 0 Å². The minimum atomic E-state index is 0.488. The van der Waals surface area contributed by atoms with E-state index in [1.165, 1.54) is 0 Å². The summed E-state index contributed by atoms with van der Waals surface area (Å²) in [6.45, 7) is 0.635. The number of hydrogen-bond donors (Lipinski definition) is 2. The van der Waals surface area contributed by atoms with E-state index in [-0.39, 0.29) is 0 Å². The molecule has 0 radical (unpaired) electrons. The number of hydrogen-bond acceptors (Lipinski definition) is 4. The lowest BCUT2D eigenvalue weighted by Gasteiger charge is -2.07. The molecule has 0 saturated carbocycles. The molecule has 0 spiro atoms. The van der Waals surface area contributed by atoms with Gasteiger partial charge in [-0.15, -0.1) is 6.42 Å². The van der Waals surface area contributed by atoms with Gasteiger partial charge in [-0.3, -0.25) is 0 Å². The van der Waals surface area contributed by atoms with Crippen LogP contribution in [-0.4, -0.2) is 19.9 Å². The average Bonchev–Trinajstić information content (AvgIpc) is 3.12. The maximum atomic E-state index is 5.80. The molecule has 4 aromatic heterocycles. The average molecular weight is 374 g/mol. The summed E-state index contributed by atoms with van der Waals surface area (Å²) in [4.78, 5) is 16.1. The molecule has 0 aliphatic heterocycles. The lowest BCUT2D eigenvalue weighted by Crippen LogP contribution is -2.02. The molecule has 0 amide bonds. The van der Waals surface area contributed by atoms with Gasteiger partial charge < -0.3 is 10.3 Å². The Kier molecular flexibility index (Phi) is 4.73. The first kappa shape index (κ1) is 17.1. The topological polar surface area (TPSA) is 66.5 Å². The number of rotatable bonds is 5. The second-order valence-electron chi connectivity index (χ2n) is 6.11. The maximum Gasteiger partial charge on any atom is 0.138 e. The molecule has 6 heteroatoms. The first-order valence-electron chi connectivity index (χ1n) is 8.44. The number of pyridine rings is 3. The Balaban J connectivity index is 1.47. The summed E-state index contributed by atoms with van der Waals surface area (Å²) in [5.41, 5.74) is 4.91. The molecule has 0 saturated heterocycles. The van der Waals surface area contributed by atoms with Crippen molar-refractivity contribution in [3.8, 4) is 12.3 Å². The van der Waals surface area contributed by atoms with Gasteiger partial charge in [-0.1, -0.05) is 29.7 Å². The van der Waals surface area contributed by atoms with E-state index in [0.717, 1.165) is 45.5 Å². The number of fused-ring (bicyclic) bond motifs is 1. The Bertz CT molecular complexity index is 1110. The number of halogens is 1. The summed E-state index contributed by atoms with van der Waals surface area (Å²) in [5.74, 6) is 3.53. The Morgan fingerprint density at radius 3 is 2.63 bits per heavy atom. The van der Waals surface area contributed by atoms with Gasteiger partial charge >= 0.3 is 0 Å². The number of aromatic amines is 1. The number of anilines is 1. The molecular weight excluding hydrogens is 358 g/mol. The maximum absolute atomic E-state index is 5.80. The molecule has 0 aliphatic rings. The Hall–Kier alpha value is -3.36. The third kappa shape index (κ3) is 3.76. The SMILES string of the molecule is C#Cc1ccnc2[nH]cc(Cc3ccc(NCc4ccc(Cl)nc4)nc3)c12. The highest BCUT2D eigenvalue weighted by atomic mass is 35.5. The van der Waals surface area contributed by atoms with Crippen LogP contribution in [0.2, 0.25) is 5.15 Å². The Morgan fingerprint density at radius 2 is 1.89 bits per heavy atom. The van der Waals surface area contributed by atoms with Crippen LogP contribution >= 0.6 is 11.6 Å². The highest BCUT2D eigenvalue weighted by Crippen LogP contribution is 2.23. The number of aromatic nitrogens is 4. The molecule has 132 valence electrons. The highest BCUT2D eigenvalue weighted by molar-refractivity contribution is 6.29. The number of nitrogens with one attached hydrogen (secondary N) is 2. The minimum Gasteiger partial charge on any atom is -0.366 e. The van der Waals surface area contributed by atoms with E-state index in [2.05, 4.69) is 37.2 Å². The van der Waals surface area contributed by atoms with Crippen LogP contribution in [0.15, 0.2) is 55.1 Å². The van der Waals surface area contributed by atoms with E-state index in [4.69, 9.17) is 18.0 Å². The summed E-state index contributed by atoms with van der Waals surface area (Å²) in [6, 6.07) is 9.59. The summed E-state index contributed by atoms with van der Waals surface area (Å²) < 4.78 is 0. The van der Waals surface area contributed by atoms with E-state index >= 15 is 0 Å². The zero-order valence-electron chi connectivity index (χ0n) is 14.4. The van der Waals surface area contributed by atoms with Gasteiger partial charge in [0.25, 0.3) is 0 Å². The van der Waals surface area contributed by atoms with E-state index in [1.807, 2.05) is 30.6 Å². The van der Waals surface area contributed by atoms with Crippen LogP contribution in [0.1, 0.15) is 22.3 Å². The minimum absolute atomic E-state index is 0.488. The third-order valence-corrected chi connectivity index (χ3v) is 4.52. The first-order chi connectivity index (χ1) is 13.2. The van der Waals surface area contributed by atoms with E-state index in [9.17, 15) is 0 Å². The molecule has 4 heterocycles. The van der Waals surface area contributed by atoms with Gasteiger partial charge in [0.1, 0.15) is 16.6 Å². The van der Waals surface area contributed by atoms with Gasteiger partial charge in [0.05, 0.1) is 0 Å². The second-order valence-corrected chi connectivity index (χ2v) is 6.50. The molecular formula is C21H16ClN5. The molecule has 0 aliphatic carbocycles. The standard InChI is InChI=1S/C21H16ClN5/c1-2-16-7-8-23-21-20(16)17(13-27-21)9-14-4-6-19(25-10-14)26-12-15-3-5-18(22)24-11-15/h1,3-8,10-11,13H,9,12H2,(H,23,27)(H,25,26). The normalized spacial score (nSPS) is 10.7. The van der Waals surface area contributed by atoms with Crippen LogP contribution in [-0.2, 0) is 13.0 Å². The van der Waals surface area contributed by atoms with Gasteiger partial charge in [0.2, 0.25) is 0 Å². The highest BCUT2D eigenvalue weighted by Gasteiger charge is 2.09. The molecule has 4 aromatic rings. The van der Waals surface area contributed by atoms with Gasteiger partial charge in [0.15, 0.2) is 0 Å². The van der Waals surface area contributed by atoms with Crippen molar-refractivity contribution in [2.45, 2.75) is 13.0 Å². The molecule has 0 aromatic carbocycles. The predicted octanol–water partition coefficient (Wildman–Crippen LogP) is 4.19. The van der Waals surface area contributed by atoms with Gasteiger partial charge in [-0.05, 0) is 34.9 Å². The fourth-order valence-electron chi connectivity index (χ4n) is 2.94. The number of nitrogens with zero attached hydrogens (tertiary/aromatic N) is 3. The van der Waals surface area contributed by atoms with Crippen LogP contribution in [0.25, 0.3) is 11.0 Å². The van der Waals surface area contributed by atoms with Crippen molar-refractivity contribution in [2.75, 3.05) is 5.32 Å². The van der Waals surface area contributed by atoms with Crippen molar-refractivity contribution in [3.05, 3.63) is 82.5 Å². The predicted molar refractivity (Wildman–Crippen MR) is 108 cm³/mol. The zero-order chi connectivity index (χ0) is 18.6. The molecule has 4 rings (SSSR count). The van der Waals surface area contributed by atoms with Crippen molar-refractivity contribution >= 4 is 28.5 Å². The summed E-state index contributed by atoms with van der Waals surface area (Å²) >= 11 is 5.80. The number of H-pyrrole nitrogens is 1. The summed E-state index contributed by atoms with van der Waals surface area (Å²) in [6.07, 6.45) is 13.6. The Morgan fingerprint density at radius 1 is 1.04 bits per heavy atom. The van der Waals surface area contributed by atoms with Crippen LogP contribution in [0.5, 0.6) is 0 Å². The van der Waals surface area contributed by atoms with Crippen molar-refractivity contribution in [1.29, 1.82) is 0 Å². The molecule has 0 fully saturated rings. The molecule has 5 nitrogen and oxygen atoms in total. The quantitative estimate of drug-likeness (QED) is 0.406. The fourth-order valence-corrected chi connectivity index (χ4v) is 3.05. The van der Waals surface area contributed by atoms with Crippen LogP contribution in [0, 0.1) is 12.3 Å². The van der Waals surface area contributed by atoms with E-state index in [1.54, 1.807) is 18.5 Å². The first-order valence-corrected chi connectivity index (χ1v) is 8.81. The number of terminal acetylenes is 1. The summed E-state index contributed by atoms with van der Waals surface area (Å²) in [7, 11) is 0. The molecule has 27 heavy (non-hydrogen) atoms. The van der Waals surface area contributed by atoms with Crippen LogP contribution in [0.4, 0.5) is 5.82 Å². The van der Waals surface area contributed by atoms with Crippen LogP contribution in [0.3, 0.4) is 0 Å². The molecule has 0 atom stereocenters. The molecule has 0 unspecified atom stereocenters. The Labute approximate surface area is 161 Å². The van der Waals surface area contributed by atoms with Gasteiger partial charge in [-0.25, -0.2) is 15.0 Å². The fraction of sp³-hybridized carbons (Fsp3) is 0.0952. The van der Waals surface area contributed by atoms with Crippen LogP contribution < -0.4 is 5.32 Å². The molecule has 0 bridgehead atoms. The van der Waals surface area contributed by atoms with Crippen molar-refractivity contribution in [2.24, 2.45) is 0 Å². The van der Waals surface area contributed by atoms with Crippen molar-refractivity contribution < 1.29 is 0 Å². The van der Waals surface area contributed by atoms with Crippen molar-refractivity contribution in [1.82, 2.24) is 19.9 Å². The zero-order valence-corrected chi connectivity index (χ0v) is 15.2. The van der Waals surface area contributed by atoms with Crippen molar-refractivity contribution in [3.63, 3.8) is 0 Å². The second kappa shape index (κ2) is 7.48. The smallest absolute Gasteiger partial charge is 0.138 e.